The van der Waals surface area contributed by atoms with Crippen molar-refractivity contribution in [2.45, 2.75) is 52.9 Å². The van der Waals surface area contributed by atoms with Gasteiger partial charge in [0.2, 0.25) is 0 Å². The third-order valence-corrected chi connectivity index (χ3v) is 3.96. The third-order valence-electron chi connectivity index (χ3n) is 3.96. The summed E-state index contributed by atoms with van der Waals surface area (Å²) in [6.45, 7) is 5.37. The lowest BCUT2D eigenvalue weighted by atomic mass is 9.91. The Bertz CT molecular complexity index is 475. The average Bonchev–Trinajstić information content (AvgIpc) is 2.50. The number of aliphatic carboxylic acids is 1. The van der Waals surface area contributed by atoms with Crippen molar-refractivity contribution in [3.05, 3.63) is 11.1 Å². The van der Waals surface area contributed by atoms with E-state index in [2.05, 4.69) is 0 Å². The molecule has 0 aliphatic heterocycles. The summed E-state index contributed by atoms with van der Waals surface area (Å²) in [5.41, 5.74) is -0.189. The van der Waals surface area contributed by atoms with Crippen molar-refractivity contribution in [1.82, 2.24) is 0 Å². The lowest BCUT2D eigenvalue weighted by molar-refractivity contribution is -0.158. The quantitative estimate of drug-likeness (QED) is 0.573. The Balaban J connectivity index is 2.47. The van der Waals surface area contributed by atoms with Gasteiger partial charge in [0.25, 0.3) is 0 Å². The molecule has 0 saturated heterocycles. The van der Waals surface area contributed by atoms with Crippen molar-refractivity contribution in [1.29, 1.82) is 0 Å². The molecule has 1 aliphatic rings. The Labute approximate surface area is 130 Å². The lowest BCUT2D eigenvalue weighted by Crippen LogP contribution is -2.27. The van der Waals surface area contributed by atoms with E-state index < -0.39 is 17.4 Å². The van der Waals surface area contributed by atoms with Crippen molar-refractivity contribution < 1.29 is 29.0 Å². The van der Waals surface area contributed by atoms with Gasteiger partial charge in [0.15, 0.2) is 0 Å². The summed E-state index contributed by atoms with van der Waals surface area (Å²) in [6, 6.07) is 0. The molecule has 0 aromatic rings. The van der Waals surface area contributed by atoms with Gasteiger partial charge in [-0.25, -0.2) is 9.59 Å². The van der Waals surface area contributed by atoms with E-state index >= 15 is 0 Å². The van der Waals surface area contributed by atoms with Crippen molar-refractivity contribution in [2.24, 2.45) is 5.41 Å². The molecule has 0 bridgehead atoms. The van der Waals surface area contributed by atoms with E-state index in [1.165, 1.54) is 0 Å². The first-order valence-corrected chi connectivity index (χ1v) is 7.59. The van der Waals surface area contributed by atoms with Crippen molar-refractivity contribution in [3.8, 4) is 0 Å². The number of carbonyl (C=O) groups excluding carboxylic acids is 2. The van der Waals surface area contributed by atoms with Crippen LogP contribution in [0.2, 0.25) is 0 Å². The van der Waals surface area contributed by atoms with Crippen LogP contribution in [0.4, 0.5) is 0 Å². The van der Waals surface area contributed by atoms with E-state index in [1.807, 2.05) is 6.92 Å². The maximum absolute atomic E-state index is 11.9. The van der Waals surface area contributed by atoms with E-state index in [0.717, 1.165) is 12.8 Å². The number of carboxylic acids is 1. The predicted molar refractivity (Wildman–Crippen MR) is 79.1 cm³/mol. The van der Waals surface area contributed by atoms with Crippen LogP contribution in [0.1, 0.15) is 52.9 Å². The van der Waals surface area contributed by atoms with Gasteiger partial charge < -0.3 is 14.6 Å². The van der Waals surface area contributed by atoms with E-state index in [9.17, 15) is 14.4 Å². The smallest absolute Gasteiger partial charge is 0.334 e. The van der Waals surface area contributed by atoms with Crippen LogP contribution in [0.15, 0.2) is 11.1 Å². The summed E-state index contributed by atoms with van der Waals surface area (Å²) in [4.78, 5) is 34.8. The summed E-state index contributed by atoms with van der Waals surface area (Å²) < 4.78 is 10.1. The Morgan fingerprint density at radius 1 is 1.05 bits per heavy atom. The van der Waals surface area contributed by atoms with Crippen LogP contribution in [0.25, 0.3) is 0 Å². The molecule has 0 spiro atoms. The zero-order valence-electron chi connectivity index (χ0n) is 13.4. The summed E-state index contributed by atoms with van der Waals surface area (Å²) in [6.07, 6.45) is 3.01. The SMILES string of the molecule is CCC(C)(C)C(=O)OCCOC(=O)C1=C(C(=O)O)CCCC1. The van der Waals surface area contributed by atoms with Gasteiger partial charge in [-0.1, -0.05) is 6.92 Å². The molecule has 22 heavy (non-hydrogen) atoms. The standard InChI is InChI=1S/C16H24O6/c1-4-16(2,3)15(20)22-10-9-21-14(19)12-8-6-5-7-11(12)13(17)18/h4-10H2,1-3H3,(H,17,18). The number of carboxylic acid groups (broad SMARTS) is 1. The molecular weight excluding hydrogens is 288 g/mol. The molecule has 0 heterocycles. The van der Waals surface area contributed by atoms with Gasteiger partial charge in [0, 0.05) is 11.1 Å². The zero-order valence-corrected chi connectivity index (χ0v) is 13.4. The van der Waals surface area contributed by atoms with Gasteiger partial charge in [0.1, 0.15) is 13.2 Å². The second-order valence-corrected chi connectivity index (χ2v) is 5.98. The van der Waals surface area contributed by atoms with Gasteiger partial charge in [-0.2, -0.15) is 0 Å². The molecule has 0 saturated carbocycles. The number of ether oxygens (including phenoxy) is 2. The molecule has 0 radical (unpaired) electrons. The van der Waals surface area contributed by atoms with Crippen LogP contribution in [-0.2, 0) is 23.9 Å². The average molecular weight is 312 g/mol. The van der Waals surface area contributed by atoms with Crippen molar-refractivity contribution in [3.63, 3.8) is 0 Å². The molecule has 0 atom stereocenters. The minimum atomic E-state index is -1.07. The van der Waals surface area contributed by atoms with E-state index in [-0.39, 0.29) is 30.3 Å². The molecule has 1 N–H and O–H groups in total. The minimum absolute atomic E-state index is 0.0241. The fourth-order valence-electron chi connectivity index (χ4n) is 2.06. The first-order valence-electron chi connectivity index (χ1n) is 7.59. The molecule has 0 fully saturated rings. The Kier molecular flexibility index (Phi) is 6.59. The maximum atomic E-state index is 11.9. The summed E-state index contributed by atoms with van der Waals surface area (Å²) in [5.74, 6) is -2.03. The van der Waals surface area contributed by atoms with Crippen LogP contribution in [0.3, 0.4) is 0 Å². The molecule has 6 nitrogen and oxygen atoms in total. The summed E-state index contributed by atoms with van der Waals surface area (Å²) in [7, 11) is 0. The Hall–Kier alpha value is -1.85. The number of rotatable bonds is 7. The molecule has 1 aliphatic carbocycles. The third kappa shape index (κ3) is 4.86. The van der Waals surface area contributed by atoms with Crippen LogP contribution in [0, 0.1) is 5.41 Å². The highest BCUT2D eigenvalue weighted by atomic mass is 16.6. The minimum Gasteiger partial charge on any atom is -0.478 e. The highest BCUT2D eigenvalue weighted by Gasteiger charge is 2.27. The Morgan fingerprint density at radius 3 is 2.14 bits per heavy atom. The fourth-order valence-corrected chi connectivity index (χ4v) is 2.06. The second-order valence-electron chi connectivity index (χ2n) is 5.98. The number of carbonyl (C=O) groups is 3. The monoisotopic (exact) mass is 312 g/mol. The van der Waals surface area contributed by atoms with Crippen LogP contribution >= 0.6 is 0 Å². The molecule has 0 aromatic heterocycles. The molecule has 0 aromatic carbocycles. The van der Waals surface area contributed by atoms with Gasteiger partial charge in [-0.05, 0) is 46.0 Å². The first-order chi connectivity index (χ1) is 10.3. The highest BCUT2D eigenvalue weighted by molar-refractivity contribution is 5.99. The van der Waals surface area contributed by atoms with Crippen molar-refractivity contribution >= 4 is 17.9 Å². The summed E-state index contributed by atoms with van der Waals surface area (Å²) >= 11 is 0. The van der Waals surface area contributed by atoms with Gasteiger partial charge >= 0.3 is 17.9 Å². The molecule has 1 rings (SSSR count). The largest absolute Gasteiger partial charge is 0.478 e. The molecule has 0 amide bonds. The van der Waals surface area contributed by atoms with E-state index in [1.54, 1.807) is 13.8 Å². The topological polar surface area (TPSA) is 89.9 Å². The van der Waals surface area contributed by atoms with Gasteiger partial charge in [-0.3, -0.25) is 4.79 Å². The molecule has 6 heteroatoms. The highest BCUT2D eigenvalue weighted by Crippen LogP contribution is 2.26. The number of hydrogen-bond acceptors (Lipinski definition) is 5. The van der Waals surface area contributed by atoms with Gasteiger partial charge in [-0.15, -0.1) is 0 Å². The summed E-state index contributed by atoms with van der Waals surface area (Å²) in [5, 5.41) is 9.08. The predicted octanol–water partition coefficient (Wildman–Crippen LogP) is 2.46. The number of esters is 2. The first kappa shape index (κ1) is 18.2. The number of hydrogen-bond donors (Lipinski definition) is 1. The van der Waals surface area contributed by atoms with Crippen LogP contribution in [0.5, 0.6) is 0 Å². The van der Waals surface area contributed by atoms with Crippen LogP contribution in [-0.4, -0.2) is 36.2 Å². The fraction of sp³-hybridized carbons (Fsp3) is 0.688. The van der Waals surface area contributed by atoms with E-state index in [0.29, 0.717) is 19.3 Å². The zero-order chi connectivity index (χ0) is 16.8. The second kappa shape index (κ2) is 7.96. The van der Waals surface area contributed by atoms with Gasteiger partial charge in [0.05, 0.1) is 5.41 Å². The normalized spacial score (nSPS) is 15.4. The van der Waals surface area contributed by atoms with Crippen LogP contribution < -0.4 is 0 Å². The van der Waals surface area contributed by atoms with E-state index in [4.69, 9.17) is 14.6 Å². The maximum Gasteiger partial charge on any atom is 0.334 e. The lowest BCUT2D eigenvalue weighted by Gasteiger charge is -2.20. The molecular formula is C16H24O6. The Morgan fingerprint density at radius 2 is 1.59 bits per heavy atom. The van der Waals surface area contributed by atoms with Crippen molar-refractivity contribution in [2.75, 3.05) is 13.2 Å². The molecule has 0 unspecified atom stereocenters. The molecule has 124 valence electrons.